The van der Waals surface area contributed by atoms with Gasteiger partial charge in [-0.15, -0.1) is 0 Å². The van der Waals surface area contributed by atoms with Gasteiger partial charge in [0.15, 0.2) is 17.8 Å². The van der Waals surface area contributed by atoms with E-state index in [4.69, 9.17) is 0 Å². The molecule has 0 radical (unpaired) electrons. The Morgan fingerprint density at radius 3 is 2.48 bits per heavy atom. The predicted molar refractivity (Wildman–Crippen MR) is 97.9 cm³/mol. The first-order valence-corrected chi connectivity index (χ1v) is 9.15. The summed E-state index contributed by atoms with van der Waals surface area (Å²) >= 11 is 0. The number of carbonyl (C=O) groups excluding carboxylic acids is 1. The summed E-state index contributed by atoms with van der Waals surface area (Å²) in [4.78, 5) is 11.2. The summed E-state index contributed by atoms with van der Waals surface area (Å²) in [6.07, 6.45) is 9.13. The van der Waals surface area contributed by atoms with Crippen molar-refractivity contribution in [2.75, 3.05) is 0 Å². The van der Waals surface area contributed by atoms with Gasteiger partial charge in [-0.1, -0.05) is 38.8 Å². The average molecular weight is 344 g/mol. The van der Waals surface area contributed by atoms with Crippen LogP contribution in [0.25, 0.3) is 6.08 Å². The van der Waals surface area contributed by atoms with Gasteiger partial charge in [-0.3, -0.25) is 4.79 Å². The van der Waals surface area contributed by atoms with E-state index in [0.717, 1.165) is 19.3 Å². The number of aromatic hydroxyl groups is 3. The van der Waals surface area contributed by atoms with Crippen molar-refractivity contribution >= 4 is 12.4 Å². The lowest BCUT2D eigenvalue weighted by atomic mass is 9.50. The average Bonchev–Trinajstić information content (AvgIpc) is 2.54. The Labute approximate surface area is 149 Å². The van der Waals surface area contributed by atoms with Crippen molar-refractivity contribution in [3.05, 3.63) is 22.8 Å². The highest BCUT2D eigenvalue weighted by molar-refractivity contribution is 5.88. The van der Waals surface area contributed by atoms with Gasteiger partial charge in [0.2, 0.25) is 0 Å². The number of phenolic OH excluding ortho intramolecular Hbond substituents is 3. The number of phenols is 3. The second-order valence-corrected chi connectivity index (χ2v) is 8.59. The Morgan fingerprint density at radius 1 is 1.08 bits per heavy atom. The Bertz CT molecular complexity index is 732. The van der Waals surface area contributed by atoms with Gasteiger partial charge in [0.25, 0.3) is 0 Å². The zero-order chi connectivity index (χ0) is 18.4. The summed E-state index contributed by atoms with van der Waals surface area (Å²) in [6, 6.07) is 1.34. The van der Waals surface area contributed by atoms with Crippen molar-refractivity contribution < 1.29 is 20.1 Å². The molecule has 0 aliphatic heterocycles. The lowest BCUT2D eigenvalue weighted by molar-refractivity contribution is 0.00459. The minimum atomic E-state index is -0.568. The predicted octanol–water partition coefficient (Wildman–Crippen LogP) is 5.02. The highest BCUT2D eigenvalue weighted by Gasteiger charge is 2.49. The second-order valence-electron chi connectivity index (χ2n) is 8.59. The van der Waals surface area contributed by atoms with Crippen molar-refractivity contribution in [3.8, 4) is 17.2 Å². The van der Waals surface area contributed by atoms with Crippen molar-refractivity contribution in [1.82, 2.24) is 0 Å². The molecule has 0 heterocycles. The minimum absolute atomic E-state index is 0.0707. The van der Waals surface area contributed by atoms with Gasteiger partial charge in [0, 0.05) is 5.56 Å². The van der Waals surface area contributed by atoms with Crippen LogP contribution in [0.5, 0.6) is 17.2 Å². The van der Waals surface area contributed by atoms with Crippen LogP contribution in [0.4, 0.5) is 0 Å². The number of aldehydes is 1. The lowest BCUT2D eigenvalue weighted by Crippen LogP contribution is -2.45. The molecule has 0 amide bonds. The van der Waals surface area contributed by atoms with E-state index >= 15 is 0 Å². The fourth-order valence-electron chi connectivity index (χ4n) is 5.33. The molecule has 1 aromatic carbocycles. The summed E-state index contributed by atoms with van der Waals surface area (Å²) in [6.45, 7) is 7.03. The molecule has 0 aromatic heterocycles. The van der Waals surface area contributed by atoms with E-state index in [1.54, 1.807) is 0 Å². The van der Waals surface area contributed by atoms with Crippen LogP contribution in [0.1, 0.15) is 75.2 Å². The fraction of sp³-hybridized carbons (Fsp3) is 0.571. The largest absolute Gasteiger partial charge is 0.506 e. The summed E-state index contributed by atoms with van der Waals surface area (Å²) < 4.78 is 0. The lowest BCUT2D eigenvalue weighted by Gasteiger charge is -2.55. The van der Waals surface area contributed by atoms with E-state index in [-0.39, 0.29) is 22.5 Å². The number of hydrogen-bond donors (Lipinski definition) is 3. The highest BCUT2D eigenvalue weighted by atomic mass is 16.3. The molecule has 2 aliphatic carbocycles. The Hall–Kier alpha value is -1.97. The number of rotatable bonds is 2. The molecule has 2 fully saturated rings. The molecular formula is C21H28O4. The molecule has 0 saturated heterocycles. The zero-order valence-electron chi connectivity index (χ0n) is 15.3. The van der Waals surface area contributed by atoms with Crippen LogP contribution >= 0.6 is 0 Å². The van der Waals surface area contributed by atoms with Crippen LogP contribution in [0, 0.1) is 16.7 Å². The molecule has 0 spiro atoms. The molecule has 25 heavy (non-hydrogen) atoms. The SMILES string of the molecule is CC1(C)CCC[C@]2(C)/C(=C/c3cc(O)c(O)c(C=O)c3O)CCC[C@@H]12. The first-order valence-electron chi connectivity index (χ1n) is 9.15. The quantitative estimate of drug-likeness (QED) is 0.400. The van der Waals surface area contributed by atoms with E-state index in [1.807, 2.05) is 6.08 Å². The van der Waals surface area contributed by atoms with E-state index in [1.165, 1.54) is 30.9 Å². The maximum Gasteiger partial charge on any atom is 0.171 e. The third-order valence-electron chi connectivity index (χ3n) is 6.67. The van der Waals surface area contributed by atoms with Crippen molar-refractivity contribution in [2.45, 2.75) is 59.3 Å². The third-order valence-corrected chi connectivity index (χ3v) is 6.67. The van der Waals surface area contributed by atoms with Crippen molar-refractivity contribution in [3.63, 3.8) is 0 Å². The zero-order valence-corrected chi connectivity index (χ0v) is 15.3. The Balaban J connectivity index is 2.10. The maximum atomic E-state index is 11.2. The first kappa shape index (κ1) is 17.8. The highest BCUT2D eigenvalue weighted by Crippen LogP contribution is 2.60. The number of hydrogen-bond acceptors (Lipinski definition) is 4. The van der Waals surface area contributed by atoms with Gasteiger partial charge < -0.3 is 15.3 Å². The molecule has 1 aromatic rings. The Morgan fingerprint density at radius 2 is 1.80 bits per heavy atom. The van der Waals surface area contributed by atoms with Crippen LogP contribution in [-0.4, -0.2) is 21.6 Å². The smallest absolute Gasteiger partial charge is 0.171 e. The molecule has 136 valence electrons. The standard InChI is InChI=1S/C21H28O4/c1-20(2)8-5-9-21(3)14(6-4-7-17(20)21)10-13-11-16(23)19(25)15(12-22)18(13)24/h10-12,17,23-25H,4-9H2,1-3H3/b14-10+/t17-,21+/m0/s1. The number of fused-ring (bicyclic) bond motifs is 1. The van der Waals surface area contributed by atoms with Gasteiger partial charge in [-0.25, -0.2) is 0 Å². The van der Waals surface area contributed by atoms with Crippen LogP contribution < -0.4 is 0 Å². The van der Waals surface area contributed by atoms with Crippen LogP contribution in [0.2, 0.25) is 0 Å². The molecule has 4 heteroatoms. The van der Waals surface area contributed by atoms with Gasteiger partial charge in [0.1, 0.15) is 11.3 Å². The number of carbonyl (C=O) groups is 1. The summed E-state index contributed by atoms with van der Waals surface area (Å²) in [5.74, 6) is -0.625. The molecule has 4 nitrogen and oxygen atoms in total. The van der Waals surface area contributed by atoms with Gasteiger partial charge >= 0.3 is 0 Å². The van der Waals surface area contributed by atoms with Gasteiger partial charge in [-0.05, 0) is 54.9 Å². The van der Waals surface area contributed by atoms with Crippen LogP contribution in [0.3, 0.4) is 0 Å². The molecule has 3 N–H and O–H groups in total. The molecule has 2 aliphatic rings. The van der Waals surface area contributed by atoms with E-state index in [0.29, 0.717) is 23.2 Å². The van der Waals surface area contributed by atoms with Crippen molar-refractivity contribution in [1.29, 1.82) is 0 Å². The second kappa shape index (κ2) is 6.08. The summed E-state index contributed by atoms with van der Waals surface area (Å²) in [5, 5.41) is 30.0. The normalized spacial score (nSPS) is 30.0. The summed E-state index contributed by atoms with van der Waals surface area (Å²) in [5.41, 5.74) is 1.78. The fourth-order valence-corrected chi connectivity index (χ4v) is 5.33. The number of benzene rings is 1. The first-order chi connectivity index (χ1) is 11.7. The molecule has 0 unspecified atom stereocenters. The third kappa shape index (κ3) is 2.82. The van der Waals surface area contributed by atoms with Crippen molar-refractivity contribution in [2.24, 2.45) is 16.7 Å². The monoisotopic (exact) mass is 344 g/mol. The van der Waals surface area contributed by atoms with Crippen LogP contribution in [-0.2, 0) is 0 Å². The van der Waals surface area contributed by atoms with E-state index in [9.17, 15) is 20.1 Å². The van der Waals surface area contributed by atoms with E-state index < -0.39 is 5.75 Å². The van der Waals surface area contributed by atoms with Gasteiger partial charge in [-0.2, -0.15) is 0 Å². The molecular weight excluding hydrogens is 316 g/mol. The van der Waals surface area contributed by atoms with Gasteiger partial charge in [0.05, 0.1) is 0 Å². The number of allylic oxidation sites excluding steroid dienone is 1. The molecule has 3 rings (SSSR count). The molecule has 2 atom stereocenters. The maximum absolute atomic E-state index is 11.2. The Kier molecular flexibility index (Phi) is 4.34. The van der Waals surface area contributed by atoms with E-state index in [2.05, 4.69) is 20.8 Å². The summed E-state index contributed by atoms with van der Waals surface area (Å²) in [7, 11) is 0. The minimum Gasteiger partial charge on any atom is -0.506 e. The molecule has 2 saturated carbocycles. The van der Waals surface area contributed by atoms with Crippen LogP contribution in [0.15, 0.2) is 11.6 Å². The topological polar surface area (TPSA) is 77.8 Å². The molecule has 0 bridgehead atoms.